The molecule has 1 aliphatic heterocycles. The average molecular weight is 238 g/mol. The van der Waals surface area contributed by atoms with Gasteiger partial charge in [-0.2, -0.15) is 0 Å². The summed E-state index contributed by atoms with van der Waals surface area (Å²) in [5.74, 6) is 0.0461. The van der Waals surface area contributed by atoms with Gasteiger partial charge in [-0.25, -0.2) is 0 Å². The number of carbonyl (C=O) groups excluding carboxylic acids is 1. The molecule has 0 spiro atoms. The van der Waals surface area contributed by atoms with E-state index in [4.69, 9.17) is 5.11 Å². The van der Waals surface area contributed by atoms with E-state index in [2.05, 4.69) is 10.6 Å². The minimum atomic E-state index is -0.0464. The van der Waals surface area contributed by atoms with Crippen molar-refractivity contribution in [2.24, 2.45) is 0 Å². The number of anilines is 1. The predicted octanol–water partition coefficient (Wildman–Crippen LogP) is 1.16. The summed E-state index contributed by atoms with van der Waals surface area (Å²) in [6.45, 7) is 2.44. The molecule has 16 heavy (non-hydrogen) atoms. The standard InChI is InChI=1S/C11H14N2O2S/c1-7-11(15)13-9-4-8(5-12-6-14)2-3-10(9)16-7/h2-4,7,12,14H,5-6H2,1H3,(H,13,15). The molecule has 0 fully saturated rings. The van der Waals surface area contributed by atoms with Crippen molar-refractivity contribution in [1.82, 2.24) is 5.32 Å². The average Bonchev–Trinajstić information content (AvgIpc) is 2.28. The van der Waals surface area contributed by atoms with Crippen molar-refractivity contribution in [3.63, 3.8) is 0 Å². The maximum atomic E-state index is 11.5. The third-order valence-electron chi connectivity index (χ3n) is 2.42. The van der Waals surface area contributed by atoms with E-state index in [0.717, 1.165) is 16.1 Å². The third kappa shape index (κ3) is 2.37. The zero-order valence-corrected chi connectivity index (χ0v) is 9.80. The molecule has 0 aromatic heterocycles. The molecular weight excluding hydrogens is 224 g/mol. The Bertz CT molecular complexity index is 409. The lowest BCUT2D eigenvalue weighted by atomic mass is 10.2. The molecule has 1 atom stereocenters. The Kier molecular flexibility index (Phi) is 3.48. The molecule has 2 rings (SSSR count). The highest BCUT2D eigenvalue weighted by Crippen LogP contribution is 2.35. The molecule has 86 valence electrons. The zero-order valence-electron chi connectivity index (χ0n) is 8.99. The van der Waals surface area contributed by atoms with Gasteiger partial charge in [-0.3, -0.25) is 10.1 Å². The smallest absolute Gasteiger partial charge is 0.237 e. The normalized spacial score (nSPS) is 19.1. The molecule has 0 aliphatic carbocycles. The summed E-state index contributed by atoms with van der Waals surface area (Å²) in [6, 6.07) is 5.94. The lowest BCUT2D eigenvalue weighted by molar-refractivity contribution is -0.115. The van der Waals surface area contributed by atoms with E-state index in [1.165, 1.54) is 0 Å². The minimum Gasteiger partial charge on any atom is -0.381 e. The highest BCUT2D eigenvalue weighted by molar-refractivity contribution is 8.00. The van der Waals surface area contributed by atoms with Gasteiger partial charge in [-0.1, -0.05) is 6.07 Å². The summed E-state index contributed by atoms with van der Waals surface area (Å²) in [5.41, 5.74) is 1.91. The van der Waals surface area contributed by atoms with Gasteiger partial charge in [0.1, 0.15) is 0 Å². The van der Waals surface area contributed by atoms with Crippen LogP contribution in [-0.4, -0.2) is 23.0 Å². The fourth-order valence-electron chi connectivity index (χ4n) is 1.57. The number of rotatable bonds is 3. The number of amides is 1. The molecule has 3 N–H and O–H groups in total. The van der Waals surface area contributed by atoms with Crippen LogP contribution < -0.4 is 10.6 Å². The van der Waals surface area contributed by atoms with Crippen molar-refractivity contribution in [2.75, 3.05) is 12.0 Å². The van der Waals surface area contributed by atoms with E-state index < -0.39 is 0 Å². The van der Waals surface area contributed by atoms with Gasteiger partial charge in [0.15, 0.2) is 0 Å². The number of carbonyl (C=O) groups is 1. The van der Waals surface area contributed by atoms with Crippen LogP contribution in [0.25, 0.3) is 0 Å². The summed E-state index contributed by atoms with van der Waals surface area (Å²) < 4.78 is 0. The van der Waals surface area contributed by atoms with Gasteiger partial charge in [0.05, 0.1) is 17.7 Å². The maximum absolute atomic E-state index is 11.5. The molecule has 1 aromatic carbocycles. The van der Waals surface area contributed by atoms with Crippen LogP contribution in [0.3, 0.4) is 0 Å². The van der Waals surface area contributed by atoms with Gasteiger partial charge in [-0.15, -0.1) is 11.8 Å². The van der Waals surface area contributed by atoms with Crippen LogP contribution in [0.15, 0.2) is 23.1 Å². The largest absolute Gasteiger partial charge is 0.381 e. The van der Waals surface area contributed by atoms with Crippen LogP contribution in [0.4, 0.5) is 5.69 Å². The first-order chi connectivity index (χ1) is 7.70. The van der Waals surface area contributed by atoms with Gasteiger partial charge in [-0.05, 0) is 24.6 Å². The van der Waals surface area contributed by atoms with Gasteiger partial charge in [0.25, 0.3) is 0 Å². The van der Waals surface area contributed by atoms with Crippen LogP contribution in [0.2, 0.25) is 0 Å². The Morgan fingerprint density at radius 2 is 2.38 bits per heavy atom. The number of aliphatic hydroxyl groups is 1. The Labute approximate surface area is 98.4 Å². The highest BCUT2D eigenvalue weighted by atomic mass is 32.2. The molecule has 0 saturated heterocycles. The fraction of sp³-hybridized carbons (Fsp3) is 0.364. The molecule has 1 aliphatic rings. The Balaban J connectivity index is 2.19. The molecule has 1 amide bonds. The molecule has 1 heterocycles. The first kappa shape index (κ1) is 11.4. The topological polar surface area (TPSA) is 61.4 Å². The number of hydrogen-bond donors (Lipinski definition) is 3. The van der Waals surface area contributed by atoms with Crippen LogP contribution in [0.1, 0.15) is 12.5 Å². The third-order valence-corrected chi connectivity index (χ3v) is 3.59. The van der Waals surface area contributed by atoms with Crippen molar-refractivity contribution < 1.29 is 9.90 Å². The first-order valence-electron chi connectivity index (χ1n) is 5.12. The summed E-state index contributed by atoms with van der Waals surface area (Å²) in [4.78, 5) is 12.6. The molecule has 5 heteroatoms. The first-order valence-corrected chi connectivity index (χ1v) is 6.00. The van der Waals surface area contributed by atoms with E-state index in [1.807, 2.05) is 25.1 Å². The SMILES string of the molecule is CC1Sc2ccc(CNCO)cc2NC1=O. The number of benzene rings is 1. The molecule has 1 unspecified atom stereocenters. The zero-order chi connectivity index (χ0) is 11.5. The molecule has 0 saturated carbocycles. The maximum Gasteiger partial charge on any atom is 0.237 e. The Hall–Kier alpha value is -1.04. The molecule has 4 nitrogen and oxygen atoms in total. The van der Waals surface area contributed by atoms with E-state index >= 15 is 0 Å². The number of hydrogen-bond acceptors (Lipinski definition) is 4. The fourth-order valence-corrected chi connectivity index (χ4v) is 2.50. The van der Waals surface area contributed by atoms with Gasteiger partial charge in [0.2, 0.25) is 5.91 Å². The minimum absolute atomic E-state index is 0.0334. The number of nitrogens with one attached hydrogen (secondary N) is 2. The second-order valence-corrected chi connectivity index (χ2v) is 5.05. The summed E-state index contributed by atoms with van der Waals surface area (Å²) in [7, 11) is 0. The quantitative estimate of drug-likeness (QED) is 0.692. The molecular formula is C11H14N2O2S. The van der Waals surface area contributed by atoms with Gasteiger partial charge in [0, 0.05) is 11.4 Å². The summed E-state index contributed by atoms with van der Waals surface area (Å²) >= 11 is 1.57. The van der Waals surface area contributed by atoms with Gasteiger partial charge < -0.3 is 10.4 Å². The van der Waals surface area contributed by atoms with Crippen molar-refractivity contribution in [3.8, 4) is 0 Å². The van der Waals surface area contributed by atoms with Crippen LogP contribution >= 0.6 is 11.8 Å². The summed E-state index contributed by atoms with van der Waals surface area (Å²) in [6.07, 6.45) is 0. The second kappa shape index (κ2) is 4.86. The van der Waals surface area contributed by atoms with Crippen molar-refractivity contribution in [2.45, 2.75) is 23.6 Å². The summed E-state index contributed by atoms with van der Waals surface area (Å²) in [5, 5.41) is 14.3. The second-order valence-electron chi connectivity index (χ2n) is 3.66. The van der Waals surface area contributed by atoms with Crippen LogP contribution in [-0.2, 0) is 11.3 Å². The number of thioether (sulfide) groups is 1. The van der Waals surface area contributed by atoms with Gasteiger partial charge >= 0.3 is 0 Å². The van der Waals surface area contributed by atoms with E-state index in [0.29, 0.717) is 6.54 Å². The predicted molar refractivity (Wildman–Crippen MR) is 64.3 cm³/mol. The molecule has 0 bridgehead atoms. The highest BCUT2D eigenvalue weighted by Gasteiger charge is 2.22. The Morgan fingerprint density at radius 1 is 1.56 bits per heavy atom. The van der Waals surface area contributed by atoms with E-state index in [9.17, 15) is 4.79 Å². The Morgan fingerprint density at radius 3 is 3.12 bits per heavy atom. The van der Waals surface area contributed by atoms with Crippen LogP contribution in [0, 0.1) is 0 Å². The number of aliphatic hydroxyl groups excluding tert-OH is 1. The number of fused-ring (bicyclic) bond motifs is 1. The molecule has 0 radical (unpaired) electrons. The van der Waals surface area contributed by atoms with Crippen LogP contribution in [0.5, 0.6) is 0 Å². The van der Waals surface area contributed by atoms with Crippen molar-refractivity contribution in [3.05, 3.63) is 23.8 Å². The van der Waals surface area contributed by atoms with Crippen molar-refractivity contribution >= 4 is 23.4 Å². The lowest BCUT2D eigenvalue weighted by Crippen LogP contribution is -2.26. The molecule has 1 aromatic rings. The van der Waals surface area contributed by atoms with E-state index in [-0.39, 0.29) is 17.9 Å². The monoisotopic (exact) mass is 238 g/mol. The van der Waals surface area contributed by atoms with E-state index in [1.54, 1.807) is 11.8 Å². The van der Waals surface area contributed by atoms with Crippen molar-refractivity contribution in [1.29, 1.82) is 0 Å². The lowest BCUT2D eigenvalue weighted by Gasteiger charge is -2.21.